The number of nitrogens with one attached hydrogen (secondary N) is 1. The highest BCUT2D eigenvalue weighted by Crippen LogP contribution is 2.18. The van der Waals surface area contributed by atoms with Crippen LogP contribution in [0.15, 0.2) is 66.0 Å². The number of fused-ring (bicyclic) bond motifs is 2. The molecule has 0 atom stereocenters. The van der Waals surface area contributed by atoms with Gasteiger partial charge in [0.05, 0.1) is 11.7 Å². The molecule has 5 rings (SSSR count). The Labute approximate surface area is 175 Å². The first-order chi connectivity index (χ1) is 15.0. The third kappa shape index (κ3) is 3.97. The highest BCUT2D eigenvalue weighted by molar-refractivity contribution is 5.82. The second-order valence-electron chi connectivity index (χ2n) is 6.70. The fraction of sp³-hybridized carbons (Fsp3) is 0.0909. The normalized spacial score (nSPS) is 10.8. The number of H-pyrrole nitrogens is 1. The number of anilines is 1. The molecular formula is C22H18F2N6O. The third-order valence-corrected chi connectivity index (χ3v) is 4.76. The molecule has 3 aromatic heterocycles. The number of aryl methyl sites for hydroxylation is 1. The van der Waals surface area contributed by atoms with Crippen molar-refractivity contribution in [2.45, 2.75) is 13.3 Å². The molecule has 3 N–H and O–H groups in total. The Bertz CT molecular complexity index is 1430. The molecule has 2 aromatic carbocycles. The van der Waals surface area contributed by atoms with Crippen molar-refractivity contribution in [2.24, 2.45) is 0 Å². The van der Waals surface area contributed by atoms with Gasteiger partial charge in [-0.15, -0.1) is 0 Å². The smallest absolute Gasteiger partial charge is 0.263 e. The van der Waals surface area contributed by atoms with Crippen LogP contribution < -0.4 is 11.3 Å². The summed E-state index contributed by atoms with van der Waals surface area (Å²) in [5.74, 6) is -0.381. The van der Waals surface area contributed by atoms with Gasteiger partial charge in [0.25, 0.3) is 5.56 Å². The molecule has 31 heavy (non-hydrogen) atoms. The third-order valence-electron chi connectivity index (χ3n) is 4.76. The largest absolute Gasteiger partial charge is 0.382 e. The summed E-state index contributed by atoms with van der Waals surface area (Å²) in [5.41, 5.74) is 7.85. The van der Waals surface area contributed by atoms with Gasteiger partial charge in [-0.05, 0) is 54.3 Å². The lowest BCUT2D eigenvalue weighted by Crippen LogP contribution is -2.22. The average molecular weight is 420 g/mol. The zero-order valence-corrected chi connectivity index (χ0v) is 16.5. The number of aromatic nitrogens is 5. The SMILES string of the molecule is CCc1cc2ccc(F)cc2c(=O)n1-c1ccc(F)cc1.Nc1ncnc2nc[nH]c12. The molecule has 3 heterocycles. The summed E-state index contributed by atoms with van der Waals surface area (Å²) in [5, 5.41) is 1.02. The number of aromatic amines is 1. The van der Waals surface area contributed by atoms with Crippen molar-refractivity contribution in [1.82, 2.24) is 24.5 Å². The highest BCUT2D eigenvalue weighted by atomic mass is 19.1. The van der Waals surface area contributed by atoms with Gasteiger partial charge < -0.3 is 10.7 Å². The molecule has 0 aliphatic heterocycles. The van der Waals surface area contributed by atoms with E-state index in [-0.39, 0.29) is 11.4 Å². The Hall–Kier alpha value is -4.14. The molecular weight excluding hydrogens is 402 g/mol. The first-order valence-electron chi connectivity index (χ1n) is 9.47. The van der Waals surface area contributed by atoms with Gasteiger partial charge >= 0.3 is 0 Å². The standard InChI is InChI=1S/C17H13F2NO.C5H5N5/c1-2-14-9-11-3-4-13(19)10-16(11)17(21)20(14)15-7-5-12(18)6-8-15;6-4-3-5(9-1-7-3)10-2-8-4/h3-10H,2H2,1H3;1-2H,(H3,6,7,8,9,10). The number of nitrogens with zero attached hydrogens (tertiary/aromatic N) is 4. The monoisotopic (exact) mass is 420 g/mol. The first kappa shape index (κ1) is 20.1. The number of pyridine rings is 1. The van der Waals surface area contributed by atoms with Crippen LogP contribution in [0.3, 0.4) is 0 Å². The number of nitrogen functional groups attached to an aromatic ring is 1. The fourth-order valence-electron chi connectivity index (χ4n) is 3.25. The summed E-state index contributed by atoms with van der Waals surface area (Å²) < 4.78 is 27.9. The van der Waals surface area contributed by atoms with E-state index in [1.54, 1.807) is 18.2 Å². The molecule has 0 unspecified atom stereocenters. The molecule has 0 radical (unpaired) electrons. The van der Waals surface area contributed by atoms with Crippen molar-refractivity contribution in [2.75, 3.05) is 5.73 Å². The summed E-state index contributed by atoms with van der Waals surface area (Å²) in [4.78, 5) is 27.0. The molecule has 0 saturated carbocycles. The van der Waals surface area contributed by atoms with Gasteiger partial charge in [-0.25, -0.2) is 23.7 Å². The minimum absolute atomic E-state index is 0.296. The van der Waals surface area contributed by atoms with Crippen LogP contribution in [0.1, 0.15) is 12.6 Å². The molecule has 0 bridgehead atoms. The number of hydrogen-bond donors (Lipinski definition) is 2. The van der Waals surface area contributed by atoms with E-state index >= 15 is 0 Å². The molecule has 0 amide bonds. The quantitative estimate of drug-likeness (QED) is 0.453. The first-order valence-corrected chi connectivity index (χ1v) is 9.47. The molecule has 5 aromatic rings. The topological polar surface area (TPSA) is 102 Å². The van der Waals surface area contributed by atoms with E-state index in [9.17, 15) is 13.6 Å². The van der Waals surface area contributed by atoms with Gasteiger partial charge in [0.1, 0.15) is 23.5 Å². The van der Waals surface area contributed by atoms with Crippen LogP contribution in [0.25, 0.3) is 27.6 Å². The maximum absolute atomic E-state index is 13.4. The van der Waals surface area contributed by atoms with Crippen LogP contribution in [0.4, 0.5) is 14.6 Å². The van der Waals surface area contributed by atoms with E-state index in [0.717, 1.165) is 5.69 Å². The van der Waals surface area contributed by atoms with Crippen molar-refractivity contribution >= 4 is 27.8 Å². The van der Waals surface area contributed by atoms with Gasteiger partial charge in [-0.3, -0.25) is 9.36 Å². The summed E-state index contributed by atoms with van der Waals surface area (Å²) >= 11 is 0. The van der Waals surface area contributed by atoms with Crippen LogP contribution in [0.5, 0.6) is 0 Å². The number of imidazole rings is 1. The predicted molar refractivity (Wildman–Crippen MR) is 115 cm³/mol. The van der Waals surface area contributed by atoms with Gasteiger partial charge in [-0.2, -0.15) is 0 Å². The van der Waals surface area contributed by atoms with Gasteiger partial charge in [0.2, 0.25) is 0 Å². The van der Waals surface area contributed by atoms with Gasteiger partial charge in [0.15, 0.2) is 11.5 Å². The van der Waals surface area contributed by atoms with E-state index in [0.29, 0.717) is 39.9 Å². The zero-order chi connectivity index (χ0) is 22.0. The maximum Gasteiger partial charge on any atom is 0.263 e. The Balaban J connectivity index is 0.000000192. The molecule has 0 saturated heterocycles. The number of hydrogen-bond acceptors (Lipinski definition) is 5. The fourth-order valence-corrected chi connectivity index (χ4v) is 3.25. The second-order valence-corrected chi connectivity index (χ2v) is 6.70. The molecule has 0 aliphatic rings. The number of rotatable bonds is 2. The Kier molecular flexibility index (Phi) is 5.40. The van der Waals surface area contributed by atoms with E-state index in [4.69, 9.17) is 5.73 Å². The van der Waals surface area contributed by atoms with Crippen LogP contribution in [-0.2, 0) is 6.42 Å². The van der Waals surface area contributed by atoms with Gasteiger partial charge in [-0.1, -0.05) is 13.0 Å². The highest BCUT2D eigenvalue weighted by Gasteiger charge is 2.11. The van der Waals surface area contributed by atoms with Crippen LogP contribution in [0, 0.1) is 11.6 Å². The van der Waals surface area contributed by atoms with Crippen LogP contribution in [-0.4, -0.2) is 24.5 Å². The minimum Gasteiger partial charge on any atom is -0.382 e. The Morgan fingerprint density at radius 2 is 1.74 bits per heavy atom. The van der Waals surface area contributed by atoms with E-state index < -0.39 is 5.82 Å². The second kappa shape index (κ2) is 8.31. The summed E-state index contributed by atoms with van der Waals surface area (Å²) in [6.45, 7) is 1.93. The molecule has 0 aliphatic carbocycles. The maximum atomic E-state index is 13.4. The number of benzene rings is 2. The zero-order valence-electron chi connectivity index (χ0n) is 16.5. The average Bonchev–Trinajstić information content (AvgIpc) is 3.26. The summed E-state index contributed by atoms with van der Waals surface area (Å²) in [6.07, 6.45) is 3.56. The number of halogens is 2. The predicted octanol–water partition coefficient (Wildman–Crippen LogP) is 3.77. The molecule has 7 nitrogen and oxygen atoms in total. The molecule has 0 fully saturated rings. The van der Waals surface area contributed by atoms with Crippen molar-refractivity contribution in [1.29, 1.82) is 0 Å². The van der Waals surface area contributed by atoms with E-state index in [1.807, 2.05) is 13.0 Å². The van der Waals surface area contributed by atoms with Crippen LogP contribution >= 0.6 is 0 Å². The minimum atomic E-state index is -0.450. The van der Waals surface area contributed by atoms with Crippen LogP contribution in [0.2, 0.25) is 0 Å². The van der Waals surface area contributed by atoms with Gasteiger partial charge in [0, 0.05) is 11.4 Å². The molecule has 156 valence electrons. The lowest BCUT2D eigenvalue weighted by atomic mass is 10.1. The summed E-state index contributed by atoms with van der Waals surface area (Å²) in [7, 11) is 0. The number of nitrogens with two attached hydrogens (primary N) is 1. The lowest BCUT2D eigenvalue weighted by molar-refractivity contribution is 0.627. The van der Waals surface area contributed by atoms with Crippen molar-refractivity contribution < 1.29 is 8.78 Å². The molecule has 0 spiro atoms. The lowest BCUT2D eigenvalue weighted by Gasteiger charge is -2.13. The van der Waals surface area contributed by atoms with E-state index in [1.165, 1.54) is 41.5 Å². The molecule has 9 heteroatoms. The van der Waals surface area contributed by atoms with Crippen molar-refractivity contribution in [3.05, 3.63) is 88.9 Å². The Morgan fingerprint density at radius 3 is 2.45 bits per heavy atom. The summed E-state index contributed by atoms with van der Waals surface area (Å²) in [6, 6.07) is 11.7. The van der Waals surface area contributed by atoms with Crippen molar-refractivity contribution in [3.63, 3.8) is 0 Å². The van der Waals surface area contributed by atoms with E-state index in [2.05, 4.69) is 19.9 Å². The van der Waals surface area contributed by atoms with Crippen molar-refractivity contribution in [3.8, 4) is 5.69 Å². The Morgan fingerprint density at radius 1 is 1.00 bits per heavy atom.